The number of benzene rings is 2. The monoisotopic (exact) mass is 363 g/mol. The summed E-state index contributed by atoms with van der Waals surface area (Å²) in [4.78, 5) is 12.9. The van der Waals surface area contributed by atoms with Gasteiger partial charge >= 0.3 is 6.18 Å². The molecule has 26 heavy (non-hydrogen) atoms. The van der Waals surface area contributed by atoms with E-state index in [1.807, 2.05) is 19.1 Å². The number of anilines is 1. The molecule has 1 N–H and O–H groups in total. The molecule has 3 nitrogen and oxygen atoms in total. The Morgan fingerprint density at radius 3 is 2.54 bits per heavy atom. The maximum atomic E-state index is 13.0. The highest BCUT2D eigenvalue weighted by molar-refractivity contribution is 6.09. The van der Waals surface area contributed by atoms with Crippen molar-refractivity contribution in [3.63, 3.8) is 0 Å². The Morgan fingerprint density at radius 2 is 1.92 bits per heavy atom. The Kier molecular flexibility index (Phi) is 4.46. The number of rotatable bonds is 4. The highest BCUT2D eigenvalue weighted by Crippen LogP contribution is 2.48. The van der Waals surface area contributed by atoms with Crippen molar-refractivity contribution in [2.75, 3.05) is 12.4 Å². The largest absolute Gasteiger partial charge is 0.496 e. The normalized spacial score (nSPS) is 19.2. The molecule has 138 valence electrons. The standard InChI is InChI=1S/C20H20F3NO2/c1-4-6-12-7-5-8-16(26-3)17(12)19(2)14-10-9-13(20(21,22)23)11-15(14)24-18(19)25/h5,7-11H,4,6H2,1-3H3,(H,24,25). The minimum absolute atomic E-state index is 0.195. The van der Waals surface area contributed by atoms with E-state index in [-0.39, 0.29) is 11.6 Å². The molecule has 0 saturated heterocycles. The molecular weight excluding hydrogens is 343 g/mol. The van der Waals surface area contributed by atoms with Crippen molar-refractivity contribution in [3.8, 4) is 5.75 Å². The van der Waals surface area contributed by atoms with E-state index >= 15 is 0 Å². The van der Waals surface area contributed by atoms with E-state index in [2.05, 4.69) is 5.32 Å². The third-order valence-electron chi connectivity index (χ3n) is 4.94. The van der Waals surface area contributed by atoms with Crippen LogP contribution in [0.15, 0.2) is 36.4 Å². The van der Waals surface area contributed by atoms with Gasteiger partial charge < -0.3 is 10.1 Å². The molecule has 1 unspecified atom stereocenters. The van der Waals surface area contributed by atoms with Crippen LogP contribution in [0.25, 0.3) is 0 Å². The molecule has 2 aromatic carbocycles. The maximum Gasteiger partial charge on any atom is 0.416 e. The molecule has 1 amide bonds. The van der Waals surface area contributed by atoms with Crippen LogP contribution in [0.4, 0.5) is 18.9 Å². The third-order valence-corrected chi connectivity index (χ3v) is 4.94. The van der Waals surface area contributed by atoms with Gasteiger partial charge in [-0.2, -0.15) is 13.2 Å². The van der Waals surface area contributed by atoms with Crippen LogP contribution in [0.3, 0.4) is 0 Å². The van der Waals surface area contributed by atoms with Crippen LogP contribution in [-0.4, -0.2) is 13.0 Å². The van der Waals surface area contributed by atoms with E-state index in [9.17, 15) is 18.0 Å². The zero-order chi connectivity index (χ0) is 19.1. The molecule has 0 aliphatic carbocycles. The van der Waals surface area contributed by atoms with E-state index in [0.29, 0.717) is 16.9 Å². The fourth-order valence-electron chi connectivity index (χ4n) is 3.67. The molecular formula is C20H20F3NO2. The number of carbonyl (C=O) groups excluding carboxylic acids is 1. The van der Waals surface area contributed by atoms with Gasteiger partial charge in [-0.05, 0) is 42.7 Å². The highest BCUT2D eigenvalue weighted by atomic mass is 19.4. The zero-order valence-electron chi connectivity index (χ0n) is 14.8. The molecule has 0 bridgehead atoms. The number of alkyl halides is 3. The fraction of sp³-hybridized carbons (Fsp3) is 0.350. The van der Waals surface area contributed by atoms with Crippen molar-refractivity contribution < 1.29 is 22.7 Å². The highest BCUT2D eigenvalue weighted by Gasteiger charge is 2.47. The van der Waals surface area contributed by atoms with Gasteiger partial charge in [0.25, 0.3) is 0 Å². The quantitative estimate of drug-likeness (QED) is 0.837. The summed E-state index contributed by atoms with van der Waals surface area (Å²) in [5, 5.41) is 2.63. The van der Waals surface area contributed by atoms with Crippen molar-refractivity contribution in [2.24, 2.45) is 0 Å². The number of hydrogen-bond acceptors (Lipinski definition) is 2. The van der Waals surface area contributed by atoms with E-state index in [1.165, 1.54) is 13.2 Å². The molecule has 0 fully saturated rings. The lowest BCUT2D eigenvalue weighted by molar-refractivity contribution is -0.137. The molecule has 6 heteroatoms. The molecule has 0 spiro atoms. The second-order valence-electron chi connectivity index (χ2n) is 6.58. The summed E-state index contributed by atoms with van der Waals surface area (Å²) in [6.07, 6.45) is -2.85. The Bertz CT molecular complexity index is 861. The van der Waals surface area contributed by atoms with Gasteiger partial charge in [0, 0.05) is 11.3 Å². The molecule has 3 rings (SSSR count). The van der Waals surface area contributed by atoms with Gasteiger partial charge in [-0.1, -0.05) is 31.5 Å². The Labute approximate surface area is 150 Å². The van der Waals surface area contributed by atoms with Crippen molar-refractivity contribution >= 4 is 11.6 Å². The molecule has 1 aliphatic heterocycles. The van der Waals surface area contributed by atoms with Gasteiger partial charge in [0.1, 0.15) is 11.2 Å². The van der Waals surface area contributed by atoms with Crippen LogP contribution in [0, 0.1) is 0 Å². The van der Waals surface area contributed by atoms with Crippen LogP contribution in [0.2, 0.25) is 0 Å². The molecule has 0 aromatic heterocycles. The van der Waals surface area contributed by atoms with Gasteiger partial charge in [0.15, 0.2) is 0 Å². The predicted molar refractivity (Wildman–Crippen MR) is 93.5 cm³/mol. The average molecular weight is 363 g/mol. The van der Waals surface area contributed by atoms with Crippen molar-refractivity contribution in [1.82, 2.24) is 0 Å². The number of fused-ring (bicyclic) bond motifs is 1. The van der Waals surface area contributed by atoms with Crippen LogP contribution in [0.1, 0.15) is 42.5 Å². The lowest BCUT2D eigenvalue weighted by atomic mass is 9.74. The van der Waals surface area contributed by atoms with Crippen LogP contribution < -0.4 is 10.1 Å². The summed E-state index contributed by atoms with van der Waals surface area (Å²) in [6.45, 7) is 3.77. The summed E-state index contributed by atoms with van der Waals surface area (Å²) < 4.78 is 44.5. The van der Waals surface area contributed by atoms with E-state index in [4.69, 9.17) is 4.74 Å². The van der Waals surface area contributed by atoms with E-state index < -0.39 is 17.2 Å². The summed E-state index contributed by atoms with van der Waals surface area (Å²) in [5.74, 6) is 0.204. The average Bonchev–Trinajstić information content (AvgIpc) is 2.85. The van der Waals surface area contributed by atoms with Gasteiger partial charge in [-0.3, -0.25) is 4.79 Å². The second kappa shape index (κ2) is 6.34. The summed E-state index contributed by atoms with van der Waals surface area (Å²) >= 11 is 0. The van der Waals surface area contributed by atoms with Crippen molar-refractivity contribution in [1.29, 1.82) is 0 Å². The van der Waals surface area contributed by atoms with Crippen LogP contribution >= 0.6 is 0 Å². The lowest BCUT2D eigenvalue weighted by Gasteiger charge is -2.28. The van der Waals surface area contributed by atoms with Gasteiger partial charge in [-0.15, -0.1) is 0 Å². The Hall–Kier alpha value is -2.50. The van der Waals surface area contributed by atoms with E-state index in [0.717, 1.165) is 30.5 Å². The SMILES string of the molecule is CCCc1cccc(OC)c1C1(C)C(=O)Nc2cc(C(F)(F)F)ccc21. The molecule has 0 saturated carbocycles. The third kappa shape index (κ3) is 2.73. The predicted octanol–water partition coefficient (Wildman–Crippen LogP) is 4.92. The number of aryl methyl sites for hydroxylation is 1. The first kappa shape index (κ1) is 18.3. The van der Waals surface area contributed by atoms with Crippen molar-refractivity contribution in [2.45, 2.75) is 38.3 Å². The minimum Gasteiger partial charge on any atom is -0.496 e. The fourth-order valence-corrected chi connectivity index (χ4v) is 3.67. The van der Waals surface area contributed by atoms with E-state index in [1.54, 1.807) is 13.0 Å². The molecule has 1 aliphatic rings. The first-order chi connectivity index (χ1) is 12.2. The number of hydrogen-bond donors (Lipinski definition) is 1. The topological polar surface area (TPSA) is 38.3 Å². The molecule has 2 aromatic rings. The number of ether oxygens (including phenoxy) is 1. The minimum atomic E-state index is -4.46. The molecule has 1 heterocycles. The smallest absolute Gasteiger partial charge is 0.416 e. The zero-order valence-corrected chi connectivity index (χ0v) is 14.8. The summed E-state index contributed by atoms with van der Waals surface area (Å²) in [7, 11) is 1.53. The second-order valence-corrected chi connectivity index (χ2v) is 6.58. The first-order valence-corrected chi connectivity index (χ1v) is 8.43. The lowest BCUT2D eigenvalue weighted by Crippen LogP contribution is -2.34. The molecule has 0 radical (unpaired) electrons. The van der Waals surface area contributed by atoms with Crippen LogP contribution in [0.5, 0.6) is 5.75 Å². The van der Waals surface area contributed by atoms with Gasteiger partial charge in [0.05, 0.1) is 12.7 Å². The number of methoxy groups -OCH3 is 1. The van der Waals surface area contributed by atoms with Gasteiger partial charge in [0.2, 0.25) is 5.91 Å². The molecule has 1 atom stereocenters. The Balaban J connectivity index is 2.23. The van der Waals surface area contributed by atoms with Gasteiger partial charge in [-0.25, -0.2) is 0 Å². The number of carbonyl (C=O) groups is 1. The van der Waals surface area contributed by atoms with Crippen LogP contribution in [-0.2, 0) is 22.8 Å². The number of nitrogens with one attached hydrogen (secondary N) is 1. The number of halogens is 3. The van der Waals surface area contributed by atoms with Crippen molar-refractivity contribution in [3.05, 3.63) is 58.7 Å². The summed E-state index contributed by atoms with van der Waals surface area (Å²) in [5.41, 5.74) is 0.488. The number of amides is 1. The Morgan fingerprint density at radius 1 is 1.19 bits per heavy atom. The maximum absolute atomic E-state index is 13.0. The summed E-state index contributed by atoms with van der Waals surface area (Å²) in [6, 6.07) is 8.96. The first-order valence-electron chi connectivity index (χ1n) is 8.43.